The minimum atomic E-state index is 0.201. The molecule has 2 aromatic carbocycles. The maximum absolute atomic E-state index is 9.10. The first-order valence-electron chi connectivity index (χ1n) is 4.75. The first-order chi connectivity index (χ1) is 7.78. The molecular formula is C13H9NO2. The van der Waals surface area contributed by atoms with Crippen LogP contribution in [0.2, 0.25) is 0 Å². The molecular weight excluding hydrogens is 202 g/mol. The van der Waals surface area contributed by atoms with Gasteiger partial charge in [-0.2, -0.15) is 5.26 Å². The summed E-state index contributed by atoms with van der Waals surface area (Å²) < 4.78 is 5.51. The van der Waals surface area contributed by atoms with Gasteiger partial charge in [0.05, 0.1) is 11.6 Å². The van der Waals surface area contributed by atoms with Crippen LogP contribution < -0.4 is 4.74 Å². The standard InChI is InChI=1S/C13H9NO2/c14-9-10-1-5-12(6-2-10)16-13-7-3-11(15)4-8-13/h1-8,15H. The third-order valence-electron chi connectivity index (χ3n) is 2.06. The third kappa shape index (κ3) is 2.31. The van der Waals surface area contributed by atoms with E-state index in [1.165, 1.54) is 0 Å². The first kappa shape index (κ1) is 10.1. The zero-order valence-electron chi connectivity index (χ0n) is 8.42. The van der Waals surface area contributed by atoms with Crippen LogP contribution >= 0.6 is 0 Å². The molecule has 78 valence electrons. The van der Waals surface area contributed by atoms with Gasteiger partial charge < -0.3 is 9.84 Å². The summed E-state index contributed by atoms with van der Waals surface area (Å²) in [5.74, 6) is 1.50. The van der Waals surface area contributed by atoms with E-state index in [0.29, 0.717) is 17.1 Å². The summed E-state index contributed by atoms with van der Waals surface area (Å²) in [5.41, 5.74) is 0.595. The quantitative estimate of drug-likeness (QED) is 0.830. The molecule has 16 heavy (non-hydrogen) atoms. The smallest absolute Gasteiger partial charge is 0.127 e. The van der Waals surface area contributed by atoms with Crippen molar-refractivity contribution < 1.29 is 9.84 Å². The molecule has 3 nitrogen and oxygen atoms in total. The van der Waals surface area contributed by atoms with Crippen LogP contribution in [0.1, 0.15) is 5.56 Å². The fraction of sp³-hybridized carbons (Fsp3) is 0. The molecule has 0 radical (unpaired) electrons. The van der Waals surface area contributed by atoms with E-state index < -0.39 is 0 Å². The maximum Gasteiger partial charge on any atom is 0.127 e. The largest absolute Gasteiger partial charge is 0.508 e. The number of rotatable bonds is 2. The average Bonchev–Trinajstić information content (AvgIpc) is 2.33. The van der Waals surface area contributed by atoms with E-state index in [1.54, 1.807) is 48.5 Å². The van der Waals surface area contributed by atoms with Gasteiger partial charge in [0.15, 0.2) is 0 Å². The molecule has 0 saturated carbocycles. The van der Waals surface area contributed by atoms with Gasteiger partial charge in [-0.3, -0.25) is 0 Å². The van der Waals surface area contributed by atoms with Gasteiger partial charge in [-0.05, 0) is 48.5 Å². The highest BCUT2D eigenvalue weighted by atomic mass is 16.5. The van der Waals surface area contributed by atoms with Gasteiger partial charge in [0.1, 0.15) is 17.2 Å². The molecule has 0 aliphatic heterocycles. The van der Waals surface area contributed by atoms with Crippen LogP contribution in [0.5, 0.6) is 17.2 Å². The number of hydrogen-bond acceptors (Lipinski definition) is 3. The maximum atomic E-state index is 9.10. The summed E-state index contributed by atoms with van der Waals surface area (Å²) in [7, 11) is 0. The Labute approximate surface area is 93.2 Å². The van der Waals surface area contributed by atoms with E-state index in [-0.39, 0.29) is 5.75 Å². The van der Waals surface area contributed by atoms with Crippen molar-refractivity contribution in [2.45, 2.75) is 0 Å². The summed E-state index contributed by atoms with van der Waals surface area (Å²) in [6.45, 7) is 0. The minimum Gasteiger partial charge on any atom is -0.508 e. The highest BCUT2D eigenvalue weighted by molar-refractivity contribution is 5.38. The van der Waals surface area contributed by atoms with Gasteiger partial charge in [0, 0.05) is 0 Å². The number of hydrogen-bond donors (Lipinski definition) is 1. The molecule has 0 amide bonds. The van der Waals surface area contributed by atoms with E-state index in [0.717, 1.165) is 0 Å². The molecule has 0 fully saturated rings. The Morgan fingerprint density at radius 2 is 1.38 bits per heavy atom. The van der Waals surface area contributed by atoms with Gasteiger partial charge in [0.25, 0.3) is 0 Å². The molecule has 0 spiro atoms. The van der Waals surface area contributed by atoms with Crippen molar-refractivity contribution in [2.75, 3.05) is 0 Å². The van der Waals surface area contributed by atoms with Gasteiger partial charge in [-0.1, -0.05) is 0 Å². The number of nitriles is 1. The van der Waals surface area contributed by atoms with E-state index in [2.05, 4.69) is 0 Å². The highest BCUT2D eigenvalue weighted by Crippen LogP contribution is 2.23. The Morgan fingerprint density at radius 1 is 0.875 bits per heavy atom. The van der Waals surface area contributed by atoms with Crippen molar-refractivity contribution >= 4 is 0 Å². The van der Waals surface area contributed by atoms with Crippen LogP contribution in [-0.2, 0) is 0 Å². The van der Waals surface area contributed by atoms with Gasteiger partial charge in [0.2, 0.25) is 0 Å². The number of aromatic hydroxyl groups is 1. The van der Waals surface area contributed by atoms with Crippen molar-refractivity contribution in [3.63, 3.8) is 0 Å². The predicted molar refractivity (Wildman–Crippen MR) is 59.3 cm³/mol. The third-order valence-corrected chi connectivity index (χ3v) is 2.06. The Morgan fingerprint density at radius 3 is 1.88 bits per heavy atom. The van der Waals surface area contributed by atoms with E-state index in [4.69, 9.17) is 15.1 Å². The zero-order valence-corrected chi connectivity index (χ0v) is 8.42. The van der Waals surface area contributed by atoms with E-state index in [9.17, 15) is 0 Å². The molecule has 0 saturated heterocycles. The molecule has 0 heterocycles. The zero-order chi connectivity index (χ0) is 11.4. The van der Waals surface area contributed by atoms with Crippen molar-refractivity contribution in [3.05, 3.63) is 54.1 Å². The lowest BCUT2D eigenvalue weighted by atomic mass is 10.2. The summed E-state index contributed by atoms with van der Waals surface area (Å²) in [6.07, 6.45) is 0. The van der Waals surface area contributed by atoms with Crippen LogP contribution in [0, 0.1) is 11.3 Å². The minimum absolute atomic E-state index is 0.201. The number of ether oxygens (including phenoxy) is 1. The summed E-state index contributed by atoms with van der Waals surface area (Å²) >= 11 is 0. The normalized spacial score (nSPS) is 9.44. The molecule has 3 heteroatoms. The predicted octanol–water partition coefficient (Wildman–Crippen LogP) is 3.06. The monoisotopic (exact) mass is 211 g/mol. The summed E-state index contributed by atoms with van der Waals surface area (Å²) in [6, 6.07) is 15.3. The fourth-order valence-corrected chi connectivity index (χ4v) is 1.25. The second-order valence-electron chi connectivity index (χ2n) is 3.23. The van der Waals surface area contributed by atoms with Crippen molar-refractivity contribution in [2.24, 2.45) is 0 Å². The number of phenolic OH excluding ortho intramolecular Hbond substituents is 1. The molecule has 0 aliphatic carbocycles. The number of phenols is 1. The van der Waals surface area contributed by atoms with Crippen LogP contribution in [-0.4, -0.2) is 5.11 Å². The van der Waals surface area contributed by atoms with Crippen LogP contribution in [0.15, 0.2) is 48.5 Å². The Bertz CT molecular complexity index is 509. The average molecular weight is 211 g/mol. The number of benzene rings is 2. The summed E-state index contributed by atoms with van der Waals surface area (Å²) in [5, 5.41) is 17.7. The second kappa shape index (κ2) is 4.37. The Hall–Kier alpha value is -2.47. The Balaban J connectivity index is 2.15. The fourth-order valence-electron chi connectivity index (χ4n) is 1.25. The lowest BCUT2D eigenvalue weighted by molar-refractivity contribution is 0.464. The van der Waals surface area contributed by atoms with Gasteiger partial charge in [-0.15, -0.1) is 0 Å². The number of nitrogens with zero attached hydrogens (tertiary/aromatic N) is 1. The molecule has 0 atom stereocenters. The van der Waals surface area contributed by atoms with Crippen molar-refractivity contribution in [1.29, 1.82) is 5.26 Å². The van der Waals surface area contributed by atoms with E-state index in [1.807, 2.05) is 6.07 Å². The van der Waals surface area contributed by atoms with E-state index >= 15 is 0 Å². The van der Waals surface area contributed by atoms with Crippen molar-refractivity contribution in [1.82, 2.24) is 0 Å². The van der Waals surface area contributed by atoms with Crippen LogP contribution in [0.25, 0.3) is 0 Å². The molecule has 2 rings (SSSR count). The lowest BCUT2D eigenvalue weighted by Gasteiger charge is -2.05. The SMILES string of the molecule is N#Cc1ccc(Oc2ccc(O)cc2)cc1. The topological polar surface area (TPSA) is 53.2 Å². The molecule has 1 N–H and O–H groups in total. The van der Waals surface area contributed by atoms with Gasteiger partial charge >= 0.3 is 0 Å². The molecule has 0 aromatic heterocycles. The molecule has 0 bridgehead atoms. The second-order valence-corrected chi connectivity index (χ2v) is 3.23. The van der Waals surface area contributed by atoms with Crippen LogP contribution in [0.3, 0.4) is 0 Å². The Kier molecular flexibility index (Phi) is 2.75. The lowest BCUT2D eigenvalue weighted by Crippen LogP contribution is -1.83. The highest BCUT2D eigenvalue weighted by Gasteiger charge is 1.97. The molecule has 0 aliphatic rings. The molecule has 2 aromatic rings. The van der Waals surface area contributed by atoms with Crippen LogP contribution in [0.4, 0.5) is 0 Å². The molecule has 0 unspecified atom stereocenters. The first-order valence-corrected chi connectivity index (χ1v) is 4.75. The van der Waals surface area contributed by atoms with Crippen molar-refractivity contribution in [3.8, 4) is 23.3 Å². The summed E-state index contributed by atoms with van der Waals surface area (Å²) in [4.78, 5) is 0. The van der Waals surface area contributed by atoms with Gasteiger partial charge in [-0.25, -0.2) is 0 Å².